The number of carbonyl (C=O) groups is 2. The molecule has 2 rings (SSSR count). The first-order valence-corrected chi connectivity index (χ1v) is 11.9. The molecule has 0 saturated carbocycles. The van der Waals surface area contributed by atoms with Crippen LogP contribution in [0.1, 0.15) is 83.1 Å². The van der Waals surface area contributed by atoms with Gasteiger partial charge in [-0.3, -0.25) is 9.59 Å². The van der Waals surface area contributed by atoms with E-state index in [-0.39, 0.29) is 45.1 Å². The molecule has 0 aromatic rings. The van der Waals surface area contributed by atoms with Gasteiger partial charge < -0.3 is 0 Å². The van der Waals surface area contributed by atoms with Crippen LogP contribution in [0.3, 0.4) is 0 Å². The number of hydrogen-bond donors (Lipinski definition) is 0. The molecule has 0 aromatic heterocycles. The second-order valence-electron chi connectivity index (χ2n) is 13.7. The standard InChI is InChI=1S/C30H44O2/c1-27(2,3)21-15-19(16-22(25(21)31)28(4,5)6)13-14-20-17-23(29(7,8)9)26(32)24(18-20)30(10,11)12/h13-18,21,23H,1-12H3/b14-13+/t21-,23-/m1/s1. The van der Waals surface area contributed by atoms with Crippen molar-refractivity contribution < 1.29 is 9.59 Å². The van der Waals surface area contributed by atoms with Crippen molar-refractivity contribution in [1.82, 2.24) is 0 Å². The van der Waals surface area contributed by atoms with E-state index in [0.29, 0.717) is 0 Å². The molecule has 0 spiro atoms. The molecule has 0 unspecified atom stereocenters. The second-order valence-corrected chi connectivity index (χ2v) is 13.7. The first-order valence-electron chi connectivity index (χ1n) is 11.9. The Balaban J connectivity index is 2.55. The Morgan fingerprint density at radius 1 is 0.562 bits per heavy atom. The van der Waals surface area contributed by atoms with Gasteiger partial charge in [-0.15, -0.1) is 0 Å². The average Bonchev–Trinajstić information content (AvgIpc) is 2.57. The Morgan fingerprint density at radius 3 is 1.06 bits per heavy atom. The van der Waals surface area contributed by atoms with Crippen LogP contribution in [-0.4, -0.2) is 11.6 Å². The molecule has 0 aliphatic heterocycles. The lowest BCUT2D eigenvalue weighted by Crippen LogP contribution is -2.34. The third kappa shape index (κ3) is 5.88. The molecule has 2 heteroatoms. The summed E-state index contributed by atoms with van der Waals surface area (Å²) in [7, 11) is 0. The highest BCUT2D eigenvalue weighted by atomic mass is 16.1. The van der Waals surface area contributed by atoms with E-state index in [1.807, 2.05) is 12.2 Å². The van der Waals surface area contributed by atoms with Crippen LogP contribution in [0.15, 0.2) is 58.7 Å². The molecule has 0 heterocycles. The zero-order valence-corrected chi connectivity index (χ0v) is 22.4. The summed E-state index contributed by atoms with van der Waals surface area (Å²) < 4.78 is 0. The van der Waals surface area contributed by atoms with E-state index in [0.717, 1.165) is 22.3 Å². The largest absolute Gasteiger partial charge is 0.294 e. The summed E-state index contributed by atoms with van der Waals surface area (Å²) >= 11 is 0. The summed E-state index contributed by atoms with van der Waals surface area (Å²) in [4.78, 5) is 26.4. The van der Waals surface area contributed by atoms with E-state index in [9.17, 15) is 9.59 Å². The monoisotopic (exact) mass is 436 g/mol. The van der Waals surface area contributed by atoms with Crippen LogP contribution in [0.4, 0.5) is 0 Å². The Morgan fingerprint density at radius 2 is 0.844 bits per heavy atom. The molecule has 2 atom stereocenters. The third-order valence-electron chi connectivity index (χ3n) is 6.39. The number of hydrogen-bond acceptors (Lipinski definition) is 2. The third-order valence-corrected chi connectivity index (χ3v) is 6.39. The van der Waals surface area contributed by atoms with Gasteiger partial charge in [0.05, 0.1) is 0 Å². The van der Waals surface area contributed by atoms with E-state index in [2.05, 4.69) is 107 Å². The lowest BCUT2D eigenvalue weighted by atomic mass is 9.68. The first kappa shape index (κ1) is 26.3. The quantitative estimate of drug-likeness (QED) is 0.442. The van der Waals surface area contributed by atoms with Crippen LogP contribution < -0.4 is 0 Å². The van der Waals surface area contributed by atoms with Crippen LogP contribution >= 0.6 is 0 Å². The van der Waals surface area contributed by atoms with Gasteiger partial charge in [0.1, 0.15) is 0 Å². The van der Waals surface area contributed by atoms with Crippen LogP contribution in [0, 0.1) is 33.5 Å². The molecule has 2 aliphatic rings. The van der Waals surface area contributed by atoms with Crippen LogP contribution in [0.5, 0.6) is 0 Å². The van der Waals surface area contributed by atoms with Crippen molar-refractivity contribution in [1.29, 1.82) is 0 Å². The summed E-state index contributed by atoms with van der Waals surface area (Å²) in [5, 5.41) is 0. The zero-order valence-electron chi connectivity index (χ0n) is 22.4. The minimum Gasteiger partial charge on any atom is -0.294 e. The van der Waals surface area contributed by atoms with E-state index in [1.54, 1.807) is 0 Å². The lowest BCUT2D eigenvalue weighted by Gasteiger charge is -2.35. The number of ketones is 2. The molecule has 2 aliphatic carbocycles. The number of Topliss-reactive ketones (excluding diaryl/α,β-unsaturated/α-hetero) is 2. The number of allylic oxidation sites excluding steroid dienone is 10. The molecular weight excluding hydrogens is 392 g/mol. The molecular formula is C30H44O2. The van der Waals surface area contributed by atoms with E-state index in [1.165, 1.54) is 0 Å². The maximum atomic E-state index is 13.2. The summed E-state index contributed by atoms with van der Waals surface area (Å²) in [5.74, 6) is 0.164. The van der Waals surface area contributed by atoms with Crippen molar-refractivity contribution in [3.05, 3.63) is 58.7 Å². The molecule has 0 amide bonds. The number of rotatable bonds is 2. The van der Waals surface area contributed by atoms with Crippen LogP contribution in [0.25, 0.3) is 0 Å². The SMILES string of the molecule is CC(C)(C)C1=CC(/C=C/C2=C[C@@H](C(C)(C)C)C(=O)C(C(C)(C)C)=C2)=C[C@@H](C(C)(C)C)C1=O. The highest BCUT2D eigenvalue weighted by Gasteiger charge is 2.38. The van der Waals surface area contributed by atoms with Gasteiger partial charge in [-0.25, -0.2) is 0 Å². The van der Waals surface area contributed by atoms with Gasteiger partial charge in [0, 0.05) is 23.0 Å². The van der Waals surface area contributed by atoms with Crippen LogP contribution in [-0.2, 0) is 9.59 Å². The van der Waals surface area contributed by atoms with Gasteiger partial charge in [0.25, 0.3) is 0 Å². The molecule has 0 radical (unpaired) electrons. The van der Waals surface area contributed by atoms with Gasteiger partial charge in [0.15, 0.2) is 11.6 Å². The van der Waals surface area contributed by atoms with E-state index < -0.39 is 0 Å². The van der Waals surface area contributed by atoms with Gasteiger partial charge in [-0.1, -0.05) is 107 Å². The molecule has 2 nitrogen and oxygen atoms in total. The maximum Gasteiger partial charge on any atom is 0.166 e. The van der Waals surface area contributed by atoms with E-state index in [4.69, 9.17) is 0 Å². The average molecular weight is 437 g/mol. The Labute approximate surface area is 196 Å². The zero-order chi connectivity index (χ0) is 24.9. The van der Waals surface area contributed by atoms with Crippen LogP contribution in [0.2, 0.25) is 0 Å². The Hall–Kier alpha value is -1.96. The van der Waals surface area contributed by atoms with Crippen molar-refractivity contribution in [3.63, 3.8) is 0 Å². The number of carbonyl (C=O) groups excluding carboxylic acids is 2. The highest BCUT2D eigenvalue weighted by molar-refractivity contribution is 6.02. The van der Waals surface area contributed by atoms with Gasteiger partial charge in [-0.2, -0.15) is 0 Å². The second kappa shape index (κ2) is 8.43. The smallest absolute Gasteiger partial charge is 0.166 e. The first-order chi connectivity index (χ1) is 14.2. The van der Waals surface area contributed by atoms with Crippen molar-refractivity contribution in [2.45, 2.75) is 83.1 Å². The minimum atomic E-state index is -0.207. The van der Waals surface area contributed by atoms with E-state index >= 15 is 0 Å². The molecule has 0 N–H and O–H groups in total. The topological polar surface area (TPSA) is 34.1 Å². The summed E-state index contributed by atoms with van der Waals surface area (Å²) in [5.41, 5.74) is 3.18. The predicted molar refractivity (Wildman–Crippen MR) is 136 cm³/mol. The van der Waals surface area contributed by atoms with Crippen molar-refractivity contribution in [3.8, 4) is 0 Å². The van der Waals surface area contributed by atoms with Crippen molar-refractivity contribution >= 4 is 11.6 Å². The molecule has 0 fully saturated rings. The summed E-state index contributed by atoms with van der Waals surface area (Å²) in [6, 6.07) is 0. The predicted octanol–water partition coefficient (Wildman–Crippen LogP) is 7.83. The summed E-state index contributed by atoms with van der Waals surface area (Å²) in [6.45, 7) is 25.4. The molecule has 0 aromatic carbocycles. The highest BCUT2D eigenvalue weighted by Crippen LogP contribution is 2.41. The fraction of sp³-hybridized carbons (Fsp3) is 0.600. The van der Waals surface area contributed by atoms with Gasteiger partial charge in [0.2, 0.25) is 0 Å². The molecule has 32 heavy (non-hydrogen) atoms. The lowest BCUT2D eigenvalue weighted by molar-refractivity contribution is -0.122. The molecule has 176 valence electrons. The fourth-order valence-electron chi connectivity index (χ4n) is 4.30. The minimum absolute atomic E-state index is 0.145. The maximum absolute atomic E-state index is 13.2. The molecule has 0 bridgehead atoms. The van der Waals surface area contributed by atoms with Gasteiger partial charge in [-0.05, 0) is 45.0 Å². The Bertz CT molecular complexity index is 855. The van der Waals surface area contributed by atoms with Gasteiger partial charge >= 0.3 is 0 Å². The van der Waals surface area contributed by atoms with Crippen molar-refractivity contribution in [2.24, 2.45) is 33.5 Å². The summed E-state index contributed by atoms with van der Waals surface area (Å²) in [6.07, 6.45) is 12.5. The Kier molecular flexibility index (Phi) is 6.93. The molecule has 0 saturated heterocycles. The normalized spacial score (nSPS) is 23.8. The van der Waals surface area contributed by atoms with Crippen molar-refractivity contribution in [2.75, 3.05) is 0 Å². The fourth-order valence-corrected chi connectivity index (χ4v) is 4.30.